The van der Waals surface area contributed by atoms with Crippen molar-refractivity contribution in [2.75, 3.05) is 0 Å². The van der Waals surface area contributed by atoms with Gasteiger partial charge in [-0.05, 0) is 79.8 Å². The van der Waals surface area contributed by atoms with E-state index in [-0.39, 0.29) is 23.0 Å². The van der Waals surface area contributed by atoms with Crippen LogP contribution in [0.1, 0.15) is 0 Å². The second kappa shape index (κ2) is 12.3. The molecule has 0 heterocycles. The second-order valence-corrected chi connectivity index (χ2v) is 9.35. The lowest BCUT2D eigenvalue weighted by Gasteiger charge is -2.15. The summed E-state index contributed by atoms with van der Waals surface area (Å²) < 4.78 is 21.5. The van der Waals surface area contributed by atoms with Crippen molar-refractivity contribution < 1.29 is 38.1 Å². The number of ether oxygens (including phenoxy) is 4. The van der Waals surface area contributed by atoms with Gasteiger partial charge in [-0.1, -0.05) is 62.7 Å². The van der Waals surface area contributed by atoms with Gasteiger partial charge in [0.15, 0.2) is 23.0 Å². The zero-order chi connectivity index (χ0) is 31.4. The molecule has 0 radical (unpaired) electrons. The minimum atomic E-state index is -0.720. The van der Waals surface area contributed by atoms with Crippen LogP contribution in [-0.4, -0.2) is 23.9 Å². The maximum absolute atomic E-state index is 12.1. The minimum Gasteiger partial charge on any atom is -0.419 e. The smallest absolute Gasteiger partial charge is 0.335 e. The molecule has 5 aromatic carbocycles. The Balaban J connectivity index is 1.72. The lowest BCUT2D eigenvalue weighted by molar-refractivity contribution is -0.131. The van der Waals surface area contributed by atoms with E-state index in [0.29, 0.717) is 10.8 Å². The third kappa shape index (κ3) is 5.86. The highest BCUT2D eigenvalue weighted by atomic mass is 16.6. The summed E-state index contributed by atoms with van der Waals surface area (Å²) in [5, 5.41) is 4.62. The minimum absolute atomic E-state index is 0.0348. The molecule has 0 bridgehead atoms. The maximum Gasteiger partial charge on any atom is 0.335 e. The lowest BCUT2D eigenvalue weighted by Crippen LogP contribution is -2.08. The summed E-state index contributed by atoms with van der Waals surface area (Å²) in [4.78, 5) is 48.1. The summed E-state index contributed by atoms with van der Waals surface area (Å²) in [6.45, 7) is 13.7. The first-order valence-corrected chi connectivity index (χ1v) is 13.2. The normalized spacial score (nSPS) is 10.5. The van der Waals surface area contributed by atoms with Gasteiger partial charge in [-0.3, -0.25) is 0 Å². The number of hydrogen-bond acceptors (Lipinski definition) is 8. The molecule has 0 aliphatic carbocycles. The number of rotatable bonds is 9. The van der Waals surface area contributed by atoms with Crippen molar-refractivity contribution in [1.29, 1.82) is 0 Å². The fourth-order valence-corrected chi connectivity index (χ4v) is 4.70. The predicted molar refractivity (Wildman–Crippen MR) is 168 cm³/mol. The van der Waals surface area contributed by atoms with E-state index >= 15 is 0 Å². The molecule has 8 nitrogen and oxygen atoms in total. The van der Waals surface area contributed by atoms with Gasteiger partial charge in [-0.15, -0.1) is 0 Å². The van der Waals surface area contributed by atoms with E-state index < -0.39 is 23.9 Å². The molecular weight excluding hydrogens is 560 g/mol. The Morgan fingerprint density at radius 3 is 1.43 bits per heavy atom. The van der Waals surface area contributed by atoms with E-state index in [1.54, 1.807) is 24.3 Å². The molecule has 0 fully saturated rings. The van der Waals surface area contributed by atoms with Crippen molar-refractivity contribution in [3.05, 3.63) is 123 Å². The van der Waals surface area contributed by atoms with Crippen molar-refractivity contribution in [3.8, 4) is 34.1 Å². The quantitative estimate of drug-likeness (QED) is 0.0777. The zero-order valence-corrected chi connectivity index (χ0v) is 23.3. The summed E-state index contributed by atoms with van der Waals surface area (Å²) in [6, 6.07) is 21.7. The molecule has 0 atom stereocenters. The Labute approximate surface area is 251 Å². The first kappa shape index (κ1) is 29.2. The van der Waals surface area contributed by atoms with E-state index in [1.165, 1.54) is 0 Å². The SMILES string of the molecule is C=CC(=O)Oc1cc2ccc(-c3cc4cc(OC(=O)C=C)c(OC(=O)C=C)cc4c4ccccc34)cc2cc1OC(=O)C=C. The van der Waals surface area contributed by atoms with Crippen molar-refractivity contribution in [2.45, 2.75) is 0 Å². The molecule has 0 aromatic heterocycles. The predicted octanol–water partition coefficient (Wildman–Crippen LogP) is 7.18. The van der Waals surface area contributed by atoms with Crippen LogP contribution < -0.4 is 18.9 Å². The molecule has 44 heavy (non-hydrogen) atoms. The number of esters is 4. The van der Waals surface area contributed by atoms with Gasteiger partial charge in [0.1, 0.15) is 0 Å². The largest absolute Gasteiger partial charge is 0.419 e. The lowest BCUT2D eigenvalue weighted by atomic mass is 9.92. The van der Waals surface area contributed by atoms with Crippen LogP contribution in [0.4, 0.5) is 0 Å². The fourth-order valence-electron chi connectivity index (χ4n) is 4.70. The first-order valence-electron chi connectivity index (χ1n) is 13.2. The van der Waals surface area contributed by atoms with Gasteiger partial charge in [-0.25, -0.2) is 19.2 Å². The van der Waals surface area contributed by atoms with Crippen LogP contribution in [0.3, 0.4) is 0 Å². The molecule has 0 N–H and O–H groups in total. The van der Waals surface area contributed by atoms with Crippen LogP contribution in [0.5, 0.6) is 23.0 Å². The molecule has 216 valence electrons. The first-order chi connectivity index (χ1) is 21.2. The van der Waals surface area contributed by atoms with Crippen molar-refractivity contribution in [2.24, 2.45) is 0 Å². The molecule has 0 amide bonds. The maximum atomic E-state index is 12.1. The van der Waals surface area contributed by atoms with E-state index in [4.69, 9.17) is 18.9 Å². The van der Waals surface area contributed by atoms with E-state index in [1.807, 2.05) is 48.5 Å². The number of hydrogen-bond donors (Lipinski definition) is 0. The molecule has 0 saturated carbocycles. The molecule has 8 heteroatoms. The van der Waals surface area contributed by atoms with Gasteiger partial charge in [-0.2, -0.15) is 0 Å². The van der Waals surface area contributed by atoms with Crippen LogP contribution in [0.2, 0.25) is 0 Å². The molecule has 0 saturated heterocycles. The molecule has 0 unspecified atom stereocenters. The van der Waals surface area contributed by atoms with Crippen molar-refractivity contribution in [3.63, 3.8) is 0 Å². The standard InChI is InChI=1S/C36H24O8/c1-5-33(37)41-29-17-21-13-14-22(15-23(21)18-30(29)42-34(38)6-2)27-16-24-19-31(43-35(39)7-3)32(44-36(40)8-4)20-28(24)26-12-10-9-11-25(26)27/h5-20H,1-4H2. The average molecular weight is 585 g/mol. The Kier molecular flexibility index (Phi) is 8.17. The zero-order valence-electron chi connectivity index (χ0n) is 23.3. The van der Waals surface area contributed by atoms with Gasteiger partial charge in [0.05, 0.1) is 0 Å². The summed E-state index contributed by atoms with van der Waals surface area (Å²) in [7, 11) is 0. The van der Waals surface area contributed by atoms with E-state index in [0.717, 1.165) is 57.0 Å². The van der Waals surface area contributed by atoms with Crippen LogP contribution in [0.25, 0.3) is 43.4 Å². The highest BCUT2D eigenvalue weighted by molar-refractivity contribution is 6.15. The average Bonchev–Trinajstić information content (AvgIpc) is 3.04. The Morgan fingerprint density at radius 1 is 0.455 bits per heavy atom. The number of fused-ring (bicyclic) bond motifs is 4. The third-order valence-electron chi connectivity index (χ3n) is 6.65. The van der Waals surface area contributed by atoms with Gasteiger partial charge in [0.2, 0.25) is 0 Å². The highest BCUT2D eigenvalue weighted by Crippen LogP contribution is 2.42. The second-order valence-electron chi connectivity index (χ2n) is 9.35. The monoisotopic (exact) mass is 584 g/mol. The van der Waals surface area contributed by atoms with Gasteiger partial charge >= 0.3 is 23.9 Å². The third-order valence-corrected chi connectivity index (χ3v) is 6.65. The summed E-state index contributed by atoms with van der Waals surface area (Å²) in [5.41, 5.74) is 1.66. The molecule has 0 aliphatic rings. The molecular formula is C36H24O8. The molecule has 5 aromatic rings. The summed E-state index contributed by atoms with van der Waals surface area (Å²) >= 11 is 0. The van der Waals surface area contributed by atoms with E-state index in [2.05, 4.69) is 26.3 Å². The number of carbonyl (C=O) groups excluding carboxylic acids is 4. The van der Waals surface area contributed by atoms with Gasteiger partial charge in [0.25, 0.3) is 0 Å². The number of benzene rings is 5. The van der Waals surface area contributed by atoms with Gasteiger partial charge < -0.3 is 18.9 Å². The van der Waals surface area contributed by atoms with E-state index in [9.17, 15) is 19.2 Å². The Bertz CT molecular complexity index is 2070. The Hall–Kier alpha value is -6.28. The summed E-state index contributed by atoms with van der Waals surface area (Å²) in [6.07, 6.45) is 4.04. The number of carbonyl (C=O) groups is 4. The van der Waals surface area contributed by atoms with Crippen LogP contribution in [0, 0.1) is 0 Å². The topological polar surface area (TPSA) is 105 Å². The Morgan fingerprint density at radius 2 is 0.909 bits per heavy atom. The van der Waals surface area contributed by atoms with Crippen molar-refractivity contribution >= 4 is 56.2 Å². The van der Waals surface area contributed by atoms with Gasteiger partial charge in [0, 0.05) is 24.3 Å². The van der Waals surface area contributed by atoms with Crippen LogP contribution in [-0.2, 0) is 19.2 Å². The van der Waals surface area contributed by atoms with Crippen LogP contribution >= 0.6 is 0 Å². The fraction of sp³-hybridized carbons (Fsp3) is 0. The molecule has 5 rings (SSSR count). The summed E-state index contributed by atoms with van der Waals surface area (Å²) in [5.74, 6) is -2.68. The molecule has 0 aliphatic heterocycles. The van der Waals surface area contributed by atoms with Crippen LogP contribution in [0.15, 0.2) is 123 Å². The molecule has 0 spiro atoms. The van der Waals surface area contributed by atoms with Crippen molar-refractivity contribution in [1.82, 2.24) is 0 Å². The highest BCUT2D eigenvalue weighted by Gasteiger charge is 2.18.